The summed E-state index contributed by atoms with van der Waals surface area (Å²) < 4.78 is 8.33. The lowest BCUT2D eigenvalue weighted by Crippen LogP contribution is -2.31. The quantitative estimate of drug-likeness (QED) is 0.500. The standard InChI is InChI=1S/C6H12N2S.C4H10OS.C2H6/c1-4-3-9-6(8-4)5(2)7;1-4(2,3)6-5;1-2/h4,6-8H,3H2,1-2H3;5H,1-3H3;1-2H3. The molecule has 0 amide bonds. The predicted molar refractivity (Wildman–Crippen MR) is 83.6 cm³/mol. The number of nitrogens with one attached hydrogen (secondary N) is 2. The highest BCUT2D eigenvalue weighted by molar-refractivity contribution is 8.00. The summed E-state index contributed by atoms with van der Waals surface area (Å²) >= 11 is 2.70. The Morgan fingerprint density at radius 1 is 1.41 bits per heavy atom. The van der Waals surface area contributed by atoms with E-state index in [-0.39, 0.29) is 4.75 Å². The molecular weight excluding hydrogens is 252 g/mol. The van der Waals surface area contributed by atoms with Crippen molar-refractivity contribution in [1.82, 2.24) is 5.32 Å². The lowest BCUT2D eigenvalue weighted by molar-refractivity contribution is 0.624. The first-order chi connectivity index (χ1) is 7.76. The van der Waals surface area contributed by atoms with E-state index in [0.717, 1.165) is 23.5 Å². The summed E-state index contributed by atoms with van der Waals surface area (Å²) in [7, 11) is 0. The van der Waals surface area contributed by atoms with Crippen molar-refractivity contribution in [3.05, 3.63) is 0 Å². The predicted octanol–water partition coefficient (Wildman–Crippen LogP) is 4.09. The van der Waals surface area contributed by atoms with Gasteiger partial charge in [-0.25, -0.2) is 0 Å². The van der Waals surface area contributed by atoms with Crippen LogP contribution in [0.5, 0.6) is 0 Å². The molecule has 3 N–H and O–H groups in total. The van der Waals surface area contributed by atoms with Crippen LogP contribution in [0, 0.1) is 5.41 Å². The van der Waals surface area contributed by atoms with Gasteiger partial charge in [0.15, 0.2) is 0 Å². The van der Waals surface area contributed by atoms with Crippen molar-refractivity contribution in [1.29, 1.82) is 5.41 Å². The summed E-state index contributed by atoms with van der Waals surface area (Å²) in [6.07, 6.45) is 0. The van der Waals surface area contributed by atoms with E-state index in [2.05, 4.69) is 12.2 Å². The Hall–Kier alpha value is 0.290. The molecule has 0 aromatic heterocycles. The van der Waals surface area contributed by atoms with Crippen LogP contribution in [0.3, 0.4) is 0 Å². The minimum atomic E-state index is 0.0139. The lowest BCUT2D eigenvalue weighted by atomic mass is 10.3. The second kappa shape index (κ2) is 10.2. The second-order valence-corrected chi connectivity index (χ2v) is 7.21. The molecule has 1 saturated heterocycles. The third-order valence-corrected chi connectivity index (χ3v) is 3.68. The molecule has 0 bridgehead atoms. The molecule has 1 heterocycles. The van der Waals surface area contributed by atoms with Crippen molar-refractivity contribution >= 4 is 29.5 Å². The third-order valence-electron chi connectivity index (χ3n) is 1.62. The van der Waals surface area contributed by atoms with E-state index in [1.165, 1.54) is 0 Å². The zero-order chi connectivity index (χ0) is 14.1. The van der Waals surface area contributed by atoms with Crippen LogP contribution in [0.1, 0.15) is 48.5 Å². The Morgan fingerprint density at radius 2 is 1.82 bits per heavy atom. The first-order valence-corrected chi connectivity index (χ1v) is 7.83. The van der Waals surface area contributed by atoms with E-state index in [1.807, 2.05) is 53.3 Å². The van der Waals surface area contributed by atoms with E-state index >= 15 is 0 Å². The number of hydrogen-bond donors (Lipinski definition) is 3. The van der Waals surface area contributed by atoms with E-state index in [9.17, 15) is 0 Å². The Morgan fingerprint density at radius 3 is 1.94 bits per heavy atom. The molecule has 0 saturated carbocycles. The maximum Gasteiger partial charge on any atom is 0.0915 e. The minimum absolute atomic E-state index is 0.0139. The minimum Gasteiger partial charge on any atom is -0.330 e. The Labute approximate surface area is 115 Å². The van der Waals surface area contributed by atoms with Gasteiger partial charge < -0.3 is 9.96 Å². The summed E-state index contributed by atoms with van der Waals surface area (Å²) in [5, 5.41) is 10.9. The van der Waals surface area contributed by atoms with Gasteiger partial charge in [0, 0.05) is 22.3 Å². The third kappa shape index (κ3) is 12.5. The molecule has 1 fully saturated rings. The van der Waals surface area contributed by atoms with Crippen molar-refractivity contribution in [2.45, 2.75) is 64.6 Å². The second-order valence-electron chi connectivity index (χ2n) is 4.67. The van der Waals surface area contributed by atoms with Gasteiger partial charge in [-0.2, -0.15) is 0 Å². The summed E-state index contributed by atoms with van der Waals surface area (Å²) in [4.78, 5) is 0. The highest BCUT2D eigenvalue weighted by Gasteiger charge is 2.21. The van der Waals surface area contributed by atoms with E-state index in [4.69, 9.17) is 9.96 Å². The number of hydrogen-bond acceptors (Lipinski definition) is 5. The van der Waals surface area contributed by atoms with Gasteiger partial charge in [-0.3, -0.25) is 5.32 Å². The van der Waals surface area contributed by atoms with Crippen LogP contribution in [-0.2, 0) is 0 Å². The topological polar surface area (TPSA) is 56.1 Å². The fourth-order valence-corrected chi connectivity index (χ4v) is 2.00. The van der Waals surface area contributed by atoms with E-state index in [0.29, 0.717) is 11.4 Å². The maximum absolute atomic E-state index is 8.32. The summed E-state index contributed by atoms with van der Waals surface area (Å²) in [6.45, 7) is 13.9. The smallest absolute Gasteiger partial charge is 0.0915 e. The molecule has 17 heavy (non-hydrogen) atoms. The van der Waals surface area contributed by atoms with Crippen LogP contribution in [0.25, 0.3) is 0 Å². The van der Waals surface area contributed by atoms with E-state index < -0.39 is 0 Å². The zero-order valence-corrected chi connectivity index (χ0v) is 13.8. The van der Waals surface area contributed by atoms with Gasteiger partial charge in [0.25, 0.3) is 0 Å². The normalized spacial score (nSPS) is 23.1. The van der Waals surface area contributed by atoms with Crippen LogP contribution in [0.2, 0.25) is 0 Å². The fourth-order valence-electron chi connectivity index (χ4n) is 0.845. The average Bonchev–Trinajstić information content (AvgIpc) is 2.68. The first-order valence-electron chi connectivity index (χ1n) is 6.01. The van der Waals surface area contributed by atoms with Gasteiger partial charge in [-0.05, 0) is 46.7 Å². The van der Waals surface area contributed by atoms with Gasteiger partial charge in [0.2, 0.25) is 0 Å². The first kappa shape index (κ1) is 19.6. The van der Waals surface area contributed by atoms with Gasteiger partial charge in [0.05, 0.1) is 5.37 Å². The van der Waals surface area contributed by atoms with Crippen molar-refractivity contribution in [3.8, 4) is 0 Å². The van der Waals surface area contributed by atoms with Crippen molar-refractivity contribution in [2.24, 2.45) is 0 Å². The Balaban J connectivity index is 0. The molecule has 1 aliphatic heterocycles. The zero-order valence-electron chi connectivity index (χ0n) is 12.1. The molecule has 5 heteroatoms. The molecule has 0 spiro atoms. The van der Waals surface area contributed by atoms with Crippen molar-refractivity contribution in [3.63, 3.8) is 0 Å². The Kier molecular flexibility index (Phi) is 11.8. The van der Waals surface area contributed by atoms with E-state index in [1.54, 1.807) is 0 Å². The largest absolute Gasteiger partial charge is 0.330 e. The van der Waals surface area contributed by atoms with Gasteiger partial charge in [-0.1, -0.05) is 13.8 Å². The molecule has 0 aromatic rings. The average molecular weight is 281 g/mol. The SMILES string of the molecule is CC.CC(=N)C1NC(C)CS1.CC(C)(C)SO. The highest BCUT2D eigenvalue weighted by Crippen LogP contribution is 2.18. The molecule has 2 unspecified atom stereocenters. The van der Waals surface area contributed by atoms with Gasteiger partial charge >= 0.3 is 0 Å². The van der Waals surface area contributed by atoms with Crippen LogP contribution >= 0.6 is 23.8 Å². The Bertz CT molecular complexity index is 205. The molecule has 0 radical (unpaired) electrons. The molecule has 2 atom stereocenters. The molecule has 1 rings (SSSR count). The van der Waals surface area contributed by atoms with Crippen molar-refractivity contribution < 1.29 is 4.55 Å². The molecular formula is C12H28N2OS2. The molecule has 104 valence electrons. The van der Waals surface area contributed by atoms with Crippen LogP contribution < -0.4 is 5.32 Å². The molecule has 0 aliphatic carbocycles. The van der Waals surface area contributed by atoms with Gasteiger partial charge in [0.1, 0.15) is 0 Å². The van der Waals surface area contributed by atoms with Crippen LogP contribution in [0.15, 0.2) is 0 Å². The molecule has 1 aliphatic rings. The summed E-state index contributed by atoms with van der Waals surface area (Å²) in [5.41, 5.74) is 0.740. The highest BCUT2D eigenvalue weighted by atomic mass is 32.2. The lowest BCUT2D eigenvalue weighted by Gasteiger charge is -2.09. The summed E-state index contributed by atoms with van der Waals surface area (Å²) in [5.74, 6) is 1.14. The van der Waals surface area contributed by atoms with Crippen LogP contribution in [-0.4, -0.2) is 32.2 Å². The van der Waals surface area contributed by atoms with Crippen LogP contribution in [0.4, 0.5) is 0 Å². The fraction of sp³-hybridized carbons (Fsp3) is 0.917. The van der Waals surface area contributed by atoms with Gasteiger partial charge in [-0.15, -0.1) is 11.8 Å². The molecule has 0 aromatic carbocycles. The summed E-state index contributed by atoms with van der Waals surface area (Å²) in [6, 6.07) is 0.584. The van der Waals surface area contributed by atoms with Crippen molar-refractivity contribution in [2.75, 3.05) is 5.75 Å². The number of thioether (sulfide) groups is 1. The monoisotopic (exact) mass is 280 g/mol. The maximum atomic E-state index is 8.32. The molecule has 3 nitrogen and oxygen atoms in total. The number of rotatable bonds is 1.